The Morgan fingerprint density at radius 1 is 1.09 bits per heavy atom. The van der Waals surface area contributed by atoms with E-state index in [1.807, 2.05) is 6.92 Å². The van der Waals surface area contributed by atoms with Crippen molar-refractivity contribution in [3.8, 4) is 0 Å². The number of alkyl halides is 3. The number of para-hydroxylation sites is 1. The van der Waals surface area contributed by atoms with Crippen molar-refractivity contribution in [3.63, 3.8) is 0 Å². The molecule has 2 aliphatic rings. The lowest BCUT2D eigenvalue weighted by Crippen LogP contribution is -2.62. The molecule has 0 saturated carbocycles. The van der Waals surface area contributed by atoms with Crippen LogP contribution < -0.4 is 4.90 Å². The Morgan fingerprint density at radius 2 is 1.76 bits per heavy atom. The molecule has 0 radical (unpaired) electrons. The molecule has 0 N–H and O–H groups in total. The van der Waals surface area contributed by atoms with Crippen molar-refractivity contribution >= 4 is 23.4 Å². The van der Waals surface area contributed by atoms with Crippen LogP contribution in [0.5, 0.6) is 0 Å². The summed E-state index contributed by atoms with van der Waals surface area (Å²) in [7, 11) is 1.57. The lowest BCUT2D eigenvalue weighted by Gasteiger charge is -2.48. The van der Waals surface area contributed by atoms with Crippen LogP contribution in [0.2, 0.25) is 0 Å². The third-order valence-corrected chi connectivity index (χ3v) is 6.42. The van der Waals surface area contributed by atoms with Crippen LogP contribution in [0.4, 0.5) is 18.9 Å². The van der Waals surface area contributed by atoms with E-state index in [1.165, 1.54) is 17.0 Å². The van der Waals surface area contributed by atoms with E-state index in [0.29, 0.717) is 29.7 Å². The Bertz CT molecular complexity index is 1100. The van der Waals surface area contributed by atoms with E-state index in [1.54, 1.807) is 41.1 Å². The highest BCUT2D eigenvalue weighted by atomic mass is 19.4. The zero-order chi connectivity index (χ0) is 24.0. The van der Waals surface area contributed by atoms with Gasteiger partial charge >= 0.3 is 6.18 Å². The van der Waals surface area contributed by atoms with Gasteiger partial charge in [-0.15, -0.1) is 0 Å². The molecule has 3 amide bonds. The van der Waals surface area contributed by atoms with Crippen molar-refractivity contribution in [2.45, 2.75) is 44.6 Å². The molecule has 2 heterocycles. The Labute approximate surface area is 189 Å². The minimum Gasteiger partial charge on any atom is -0.341 e. The van der Waals surface area contributed by atoms with E-state index in [4.69, 9.17) is 0 Å². The first-order chi connectivity index (χ1) is 15.5. The van der Waals surface area contributed by atoms with Crippen LogP contribution in [0.1, 0.15) is 47.7 Å². The molecule has 0 bridgehead atoms. The molecule has 9 heteroatoms. The summed E-state index contributed by atoms with van der Waals surface area (Å²) in [4.78, 5) is 43.3. The maximum Gasteiger partial charge on any atom is 0.416 e. The highest BCUT2D eigenvalue weighted by Gasteiger charge is 2.52. The predicted molar refractivity (Wildman–Crippen MR) is 115 cm³/mol. The molecule has 1 unspecified atom stereocenters. The van der Waals surface area contributed by atoms with E-state index >= 15 is 0 Å². The summed E-state index contributed by atoms with van der Waals surface area (Å²) in [5.74, 6) is -0.536. The van der Waals surface area contributed by atoms with Gasteiger partial charge in [-0.2, -0.15) is 13.2 Å². The number of halogens is 3. The fraction of sp³-hybridized carbons (Fsp3) is 0.375. The van der Waals surface area contributed by atoms with E-state index in [-0.39, 0.29) is 37.2 Å². The standard InChI is InChI=1S/C24H24F3N3O3/c1-23-13-11-21(32)30(23)19-6-4-3-5-18(19)22(33)29(23)14-12-20(31)28(2)15-16-7-9-17(10-8-16)24(25,26)27/h3-10H,11-15H2,1-2H3. The van der Waals surface area contributed by atoms with Gasteiger partial charge in [-0.1, -0.05) is 24.3 Å². The lowest BCUT2D eigenvalue weighted by molar-refractivity contribution is -0.137. The zero-order valence-electron chi connectivity index (χ0n) is 18.4. The number of carbonyl (C=O) groups excluding carboxylic acids is 3. The van der Waals surface area contributed by atoms with Gasteiger partial charge in [-0.3, -0.25) is 19.3 Å². The Morgan fingerprint density at radius 3 is 2.42 bits per heavy atom. The van der Waals surface area contributed by atoms with Crippen LogP contribution in [0.25, 0.3) is 0 Å². The average molecular weight is 459 g/mol. The number of amides is 3. The zero-order valence-corrected chi connectivity index (χ0v) is 18.4. The number of hydrogen-bond acceptors (Lipinski definition) is 3. The van der Waals surface area contributed by atoms with E-state index in [0.717, 1.165) is 12.1 Å². The van der Waals surface area contributed by atoms with Gasteiger partial charge in [0.2, 0.25) is 11.8 Å². The molecule has 2 aromatic carbocycles. The Balaban J connectivity index is 1.45. The number of hydrogen-bond donors (Lipinski definition) is 0. The molecule has 174 valence electrons. The number of rotatable bonds is 5. The summed E-state index contributed by atoms with van der Waals surface area (Å²) < 4.78 is 38.2. The van der Waals surface area contributed by atoms with Crippen molar-refractivity contribution in [2.75, 3.05) is 18.5 Å². The van der Waals surface area contributed by atoms with E-state index in [9.17, 15) is 27.6 Å². The largest absolute Gasteiger partial charge is 0.416 e. The van der Waals surface area contributed by atoms with E-state index in [2.05, 4.69) is 0 Å². The van der Waals surface area contributed by atoms with Crippen molar-refractivity contribution in [3.05, 3.63) is 65.2 Å². The molecule has 33 heavy (non-hydrogen) atoms. The molecule has 1 fully saturated rings. The first-order valence-corrected chi connectivity index (χ1v) is 10.7. The lowest BCUT2D eigenvalue weighted by atomic mass is 9.98. The molecule has 1 saturated heterocycles. The second-order valence-electron chi connectivity index (χ2n) is 8.61. The molecular weight excluding hydrogens is 435 g/mol. The van der Waals surface area contributed by atoms with Crippen LogP contribution in [0, 0.1) is 0 Å². The minimum atomic E-state index is -4.41. The molecule has 0 aromatic heterocycles. The van der Waals surface area contributed by atoms with Crippen LogP contribution in [0.15, 0.2) is 48.5 Å². The van der Waals surface area contributed by atoms with Crippen LogP contribution in [-0.2, 0) is 22.3 Å². The summed E-state index contributed by atoms with van der Waals surface area (Å²) in [6, 6.07) is 11.6. The maximum atomic E-state index is 13.2. The van der Waals surface area contributed by atoms with Crippen LogP contribution in [-0.4, -0.2) is 46.8 Å². The summed E-state index contributed by atoms with van der Waals surface area (Å²) in [5.41, 5.74) is 0.00842. The molecule has 6 nitrogen and oxygen atoms in total. The second-order valence-corrected chi connectivity index (χ2v) is 8.61. The average Bonchev–Trinajstić information content (AvgIpc) is 3.08. The number of anilines is 1. The molecule has 0 aliphatic carbocycles. The fourth-order valence-electron chi connectivity index (χ4n) is 4.60. The molecule has 2 aromatic rings. The van der Waals surface area contributed by atoms with Crippen LogP contribution in [0.3, 0.4) is 0 Å². The van der Waals surface area contributed by atoms with Crippen LogP contribution >= 0.6 is 0 Å². The topological polar surface area (TPSA) is 60.9 Å². The van der Waals surface area contributed by atoms with Crippen molar-refractivity contribution in [1.29, 1.82) is 0 Å². The van der Waals surface area contributed by atoms with E-state index < -0.39 is 17.4 Å². The first-order valence-electron chi connectivity index (χ1n) is 10.7. The number of nitrogens with zero attached hydrogens (tertiary/aromatic N) is 3. The minimum absolute atomic E-state index is 0.0304. The number of benzene rings is 2. The van der Waals surface area contributed by atoms with Crippen molar-refractivity contribution in [1.82, 2.24) is 9.80 Å². The third-order valence-electron chi connectivity index (χ3n) is 6.42. The van der Waals surface area contributed by atoms with Gasteiger partial charge in [-0.25, -0.2) is 0 Å². The summed E-state index contributed by atoms with van der Waals surface area (Å²) in [6.07, 6.45) is -3.59. The first kappa shape index (κ1) is 22.8. The van der Waals surface area contributed by atoms with Gasteiger partial charge in [0.05, 0.1) is 16.8 Å². The fourth-order valence-corrected chi connectivity index (χ4v) is 4.60. The Kier molecular flexibility index (Phi) is 5.67. The summed E-state index contributed by atoms with van der Waals surface area (Å²) in [6.45, 7) is 2.11. The van der Waals surface area contributed by atoms with Crippen molar-refractivity contribution < 1.29 is 27.6 Å². The molecular formula is C24H24F3N3O3. The highest BCUT2D eigenvalue weighted by Crippen LogP contribution is 2.44. The highest BCUT2D eigenvalue weighted by molar-refractivity contribution is 6.10. The Hall–Kier alpha value is -3.36. The number of fused-ring (bicyclic) bond motifs is 3. The maximum absolute atomic E-state index is 13.2. The molecule has 0 spiro atoms. The van der Waals surface area contributed by atoms with Gasteiger partial charge in [-0.05, 0) is 43.2 Å². The second kappa shape index (κ2) is 8.20. The SMILES string of the molecule is CN(Cc1ccc(C(F)(F)F)cc1)C(=O)CCN1C(=O)c2ccccc2N2C(=O)CCC12C. The molecule has 4 rings (SSSR count). The smallest absolute Gasteiger partial charge is 0.341 e. The predicted octanol–water partition coefficient (Wildman–Crippen LogP) is 4.05. The third kappa shape index (κ3) is 4.07. The quantitative estimate of drug-likeness (QED) is 0.678. The monoisotopic (exact) mass is 459 g/mol. The van der Waals surface area contributed by atoms with Gasteiger partial charge < -0.3 is 9.80 Å². The van der Waals surface area contributed by atoms with Gasteiger partial charge in [0.15, 0.2) is 0 Å². The van der Waals surface area contributed by atoms with Gasteiger partial charge in [0, 0.05) is 33.0 Å². The van der Waals surface area contributed by atoms with Gasteiger partial charge in [0.1, 0.15) is 5.66 Å². The van der Waals surface area contributed by atoms with Gasteiger partial charge in [0.25, 0.3) is 5.91 Å². The van der Waals surface area contributed by atoms with Crippen molar-refractivity contribution in [2.24, 2.45) is 0 Å². The molecule has 1 atom stereocenters. The summed E-state index contributed by atoms with van der Waals surface area (Å²) in [5, 5.41) is 0. The number of carbonyl (C=O) groups is 3. The normalized spacial score (nSPS) is 20.0. The molecule has 2 aliphatic heterocycles. The summed E-state index contributed by atoms with van der Waals surface area (Å²) >= 11 is 0.